The van der Waals surface area contributed by atoms with Crippen LogP contribution in [0.4, 0.5) is 0 Å². The number of hydrogen-bond donors (Lipinski definition) is 0. The minimum Gasteiger partial charge on any atom is -0.303 e. The molecule has 0 atom stereocenters. The molecule has 0 unspecified atom stereocenters. The van der Waals surface area contributed by atoms with Crippen molar-refractivity contribution in [3.05, 3.63) is 34.9 Å². The average Bonchev–Trinajstić information content (AvgIpc) is 2.08. The Bertz CT molecular complexity index is 340. The molecule has 0 spiro atoms. The first-order chi connectivity index (χ1) is 6.15. The van der Waals surface area contributed by atoms with Gasteiger partial charge in [-0.1, -0.05) is 12.1 Å². The summed E-state index contributed by atoms with van der Waals surface area (Å²) in [5.41, 5.74) is 2.65. The Morgan fingerprint density at radius 2 is 2.15 bits per heavy atom. The highest BCUT2D eigenvalue weighted by Crippen LogP contribution is 2.11. The maximum absolute atomic E-state index is 11.0. The molecule has 2 nitrogen and oxygen atoms in total. The predicted molar refractivity (Wildman–Crippen MR) is 51.0 cm³/mol. The van der Waals surface area contributed by atoms with Crippen molar-refractivity contribution in [3.63, 3.8) is 0 Å². The SMILES string of the molecule is CC(=O)c1ccc(C)c(CC=O)c1. The summed E-state index contributed by atoms with van der Waals surface area (Å²) in [7, 11) is 0. The van der Waals surface area contributed by atoms with Gasteiger partial charge in [0.15, 0.2) is 5.78 Å². The van der Waals surface area contributed by atoms with Crippen LogP contribution in [0.5, 0.6) is 0 Å². The molecular weight excluding hydrogens is 164 g/mol. The van der Waals surface area contributed by atoms with E-state index < -0.39 is 0 Å². The van der Waals surface area contributed by atoms with Crippen LogP contribution < -0.4 is 0 Å². The van der Waals surface area contributed by atoms with Gasteiger partial charge in [-0.25, -0.2) is 0 Å². The van der Waals surface area contributed by atoms with Gasteiger partial charge < -0.3 is 4.79 Å². The van der Waals surface area contributed by atoms with Gasteiger partial charge in [0.25, 0.3) is 0 Å². The lowest BCUT2D eigenvalue weighted by molar-refractivity contribution is -0.107. The Morgan fingerprint density at radius 1 is 1.46 bits per heavy atom. The molecule has 13 heavy (non-hydrogen) atoms. The summed E-state index contributed by atoms with van der Waals surface area (Å²) in [5, 5.41) is 0. The zero-order chi connectivity index (χ0) is 9.84. The molecule has 0 saturated heterocycles. The van der Waals surface area contributed by atoms with E-state index in [-0.39, 0.29) is 5.78 Å². The van der Waals surface area contributed by atoms with Crippen molar-refractivity contribution in [2.24, 2.45) is 0 Å². The number of rotatable bonds is 3. The van der Waals surface area contributed by atoms with E-state index in [0.29, 0.717) is 12.0 Å². The molecule has 1 aromatic carbocycles. The Morgan fingerprint density at radius 3 is 2.69 bits per heavy atom. The van der Waals surface area contributed by atoms with Crippen molar-refractivity contribution < 1.29 is 9.59 Å². The molecule has 0 radical (unpaired) electrons. The molecule has 0 heterocycles. The standard InChI is InChI=1S/C11H12O2/c1-8-3-4-11(9(2)13)7-10(8)5-6-12/h3-4,6-7H,5H2,1-2H3. The van der Waals surface area contributed by atoms with Crippen molar-refractivity contribution in [1.29, 1.82) is 0 Å². The first-order valence-corrected chi connectivity index (χ1v) is 4.19. The van der Waals surface area contributed by atoms with Crippen LogP contribution in [0.1, 0.15) is 28.4 Å². The second kappa shape index (κ2) is 3.99. The molecule has 0 amide bonds. The van der Waals surface area contributed by atoms with Crippen LogP contribution in [0, 0.1) is 6.92 Å². The van der Waals surface area contributed by atoms with Crippen molar-refractivity contribution in [2.75, 3.05) is 0 Å². The van der Waals surface area contributed by atoms with Crippen molar-refractivity contribution in [2.45, 2.75) is 20.3 Å². The maximum atomic E-state index is 11.0. The molecule has 1 rings (SSSR count). The normalized spacial score (nSPS) is 9.69. The quantitative estimate of drug-likeness (QED) is 0.521. The molecule has 0 aliphatic carbocycles. The lowest BCUT2D eigenvalue weighted by Gasteiger charge is -2.03. The molecule has 0 bridgehead atoms. The fourth-order valence-electron chi connectivity index (χ4n) is 1.20. The van der Waals surface area contributed by atoms with E-state index in [1.54, 1.807) is 12.1 Å². The summed E-state index contributed by atoms with van der Waals surface area (Å²) >= 11 is 0. The fourth-order valence-corrected chi connectivity index (χ4v) is 1.20. The summed E-state index contributed by atoms with van der Waals surface area (Å²) < 4.78 is 0. The smallest absolute Gasteiger partial charge is 0.159 e. The molecule has 0 saturated carbocycles. The lowest BCUT2D eigenvalue weighted by Crippen LogP contribution is -1.97. The van der Waals surface area contributed by atoms with E-state index in [4.69, 9.17) is 0 Å². The topological polar surface area (TPSA) is 34.1 Å². The number of benzene rings is 1. The molecule has 2 heteroatoms. The third-order valence-electron chi connectivity index (χ3n) is 2.06. The molecule has 0 aromatic heterocycles. The Labute approximate surface area is 77.6 Å². The van der Waals surface area contributed by atoms with Gasteiger partial charge in [0, 0.05) is 12.0 Å². The Hall–Kier alpha value is -1.44. The highest BCUT2D eigenvalue weighted by Gasteiger charge is 2.02. The van der Waals surface area contributed by atoms with Crippen molar-refractivity contribution >= 4 is 12.1 Å². The van der Waals surface area contributed by atoms with Crippen molar-refractivity contribution in [3.8, 4) is 0 Å². The molecule has 0 N–H and O–H groups in total. The second-order valence-corrected chi connectivity index (χ2v) is 3.07. The molecule has 0 aliphatic heterocycles. The van der Waals surface area contributed by atoms with Crippen molar-refractivity contribution in [1.82, 2.24) is 0 Å². The van der Waals surface area contributed by atoms with Gasteiger partial charge in [-0.2, -0.15) is 0 Å². The highest BCUT2D eigenvalue weighted by atomic mass is 16.1. The third kappa shape index (κ3) is 2.25. The number of Topliss-reactive ketones (excluding diaryl/α,β-unsaturated/α-hetero) is 1. The van der Waals surface area contributed by atoms with E-state index in [1.165, 1.54) is 6.92 Å². The first-order valence-electron chi connectivity index (χ1n) is 4.19. The second-order valence-electron chi connectivity index (χ2n) is 3.07. The highest BCUT2D eigenvalue weighted by molar-refractivity contribution is 5.94. The number of aryl methyl sites for hydroxylation is 1. The summed E-state index contributed by atoms with van der Waals surface area (Å²) in [6, 6.07) is 5.44. The van der Waals surface area contributed by atoms with E-state index in [9.17, 15) is 9.59 Å². The monoisotopic (exact) mass is 176 g/mol. The maximum Gasteiger partial charge on any atom is 0.159 e. The number of aldehydes is 1. The number of ketones is 1. The summed E-state index contributed by atoms with van der Waals surface area (Å²) in [5.74, 6) is 0.0344. The number of hydrogen-bond acceptors (Lipinski definition) is 2. The minimum atomic E-state index is 0.0344. The van der Waals surface area contributed by atoms with Crippen LogP contribution in [0.3, 0.4) is 0 Å². The summed E-state index contributed by atoms with van der Waals surface area (Å²) in [6.45, 7) is 3.46. The van der Waals surface area contributed by atoms with Gasteiger partial charge in [0.05, 0.1) is 0 Å². The van der Waals surface area contributed by atoms with Gasteiger partial charge in [0.2, 0.25) is 0 Å². The van der Waals surface area contributed by atoms with E-state index in [1.807, 2.05) is 13.0 Å². The minimum absolute atomic E-state index is 0.0344. The van der Waals surface area contributed by atoms with Gasteiger partial charge in [0.1, 0.15) is 6.29 Å². The largest absolute Gasteiger partial charge is 0.303 e. The van der Waals surface area contributed by atoms with Crippen LogP contribution in [0.15, 0.2) is 18.2 Å². The zero-order valence-electron chi connectivity index (χ0n) is 7.83. The Kier molecular flexibility index (Phi) is 2.96. The van der Waals surface area contributed by atoms with Crippen LogP contribution >= 0.6 is 0 Å². The Balaban J connectivity index is 3.10. The van der Waals surface area contributed by atoms with Gasteiger partial charge in [-0.3, -0.25) is 4.79 Å². The summed E-state index contributed by atoms with van der Waals surface area (Å²) in [6.07, 6.45) is 1.24. The van der Waals surface area contributed by atoms with Crippen LogP contribution in [-0.2, 0) is 11.2 Å². The van der Waals surface area contributed by atoms with E-state index in [2.05, 4.69) is 0 Å². The third-order valence-corrected chi connectivity index (χ3v) is 2.06. The number of carbonyl (C=O) groups excluding carboxylic acids is 2. The number of carbonyl (C=O) groups is 2. The van der Waals surface area contributed by atoms with Crippen LogP contribution in [0.25, 0.3) is 0 Å². The fraction of sp³-hybridized carbons (Fsp3) is 0.273. The van der Waals surface area contributed by atoms with Crippen LogP contribution in [0.2, 0.25) is 0 Å². The molecule has 1 aromatic rings. The van der Waals surface area contributed by atoms with E-state index in [0.717, 1.165) is 17.4 Å². The van der Waals surface area contributed by atoms with Gasteiger partial charge in [-0.05, 0) is 31.0 Å². The zero-order valence-corrected chi connectivity index (χ0v) is 7.83. The summed E-state index contributed by atoms with van der Waals surface area (Å²) in [4.78, 5) is 21.3. The first kappa shape index (κ1) is 9.65. The lowest BCUT2D eigenvalue weighted by atomic mass is 10.0. The average molecular weight is 176 g/mol. The molecule has 0 aliphatic rings. The van der Waals surface area contributed by atoms with Gasteiger partial charge >= 0.3 is 0 Å². The molecule has 68 valence electrons. The van der Waals surface area contributed by atoms with Crippen LogP contribution in [-0.4, -0.2) is 12.1 Å². The molecule has 0 fully saturated rings. The predicted octanol–water partition coefficient (Wildman–Crippen LogP) is 1.94. The van der Waals surface area contributed by atoms with Gasteiger partial charge in [-0.15, -0.1) is 0 Å². The molecular formula is C11H12O2. The van der Waals surface area contributed by atoms with E-state index >= 15 is 0 Å².